The van der Waals surface area contributed by atoms with Crippen molar-refractivity contribution in [1.29, 1.82) is 0 Å². The topological polar surface area (TPSA) is 61.8 Å². The summed E-state index contributed by atoms with van der Waals surface area (Å²) >= 11 is 0. The van der Waals surface area contributed by atoms with E-state index in [0.717, 1.165) is 68.5 Å². The molecule has 1 aromatic heterocycles. The third-order valence-corrected chi connectivity index (χ3v) is 5.54. The van der Waals surface area contributed by atoms with E-state index in [-0.39, 0.29) is 24.0 Å². The molecule has 0 unspecified atom stereocenters. The van der Waals surface area contributed by atoms with Crippen molar-refractivity contribution in [3.8, 4) is 5.75 Å². The van der Waals surface area contributed by atoms with Gasteiger partial charge in [0.1, 0.15) is 11.6 Å². The molecular weight excluding hydrogens is 501 g/mol. The molecule has 0 amide bonds. The zero-order valence-corrected chi connectivity index (χ0v) is 21.5. The van der Waals surface area contributed by atoms with Crippen LogP contribution in [0.15, 0.2) is 41.5 Å². The van der Waals surface area contributed by atoms with Gasteiger partial charge in [0.15, 0.2) is 5.96 Å². The number of piperidine rings is 1. The number of rotatable bonds is 7. The number of hydrogen-bond acceptors (Lipinski definition) is 4. The largest absolute Gasteiger partial charge is 0.496 e. The molecule has 1 saturated heterocycles. The van der Waals surface area contributed by atoms with Gasteiger partial charge in [-0.05, 0) is 68.9 Å². The molecule has 1 aliphatic heterocycles. The summed E-state index contributed by atoms with van der Waals surface area (Å²) in [6.07, 6.45) is 4.99. The minimum absolute atomic E-state index is 0. The maximum atomic E-state index is 5.43. The van der Waals surface area contributed by atoms with Crippen LogP contribution in [0.2, 0.25) is 0 Å². The molecule has 1 fully saturated rings. The maximum absolute atomic E-state index is 5.43. The summed E-state index contributed by atoms with van der Waals surface area (Å²) < 4.78 is 5.43. The van der Waals surface area contributed by atoms with Crippen LogP contribution in [0.3, 0.4) is 0 Å². The van der Waals surface area contributed by atoms with Crippen LogP contribution in [0.1, 0.15) is 36.5 Å². The van der Waals surface area contributed by atoms with Crippen LogP contribution in [0.5, 0.6) is 5.75 Å². The minimum atomic E-state index is 0. The summed E-state index contributed by atoms with van der Waals surface area (Å²) in [7, 11) is 1.72. The number of guanidine groups is 1. The monoisotopic (exact) mass is 537 g/mol. The number of benzene rings is 1. The second-order valence-corrected chi connectivity index (χ2v) is 7.91. The second-order valence-electron chi connectivity index (χ2n) is 7.91. The van der Waals surface area contributed by atoms with Crippen LogP contribution in [-0.2, 0) is 6.42 Å². The van der Waals surface area contributed by atoms with Gasteiger partial charge in [0.25, 0.3) is 0 Å². The summed E-state index contributed by atoms with van der Waals surface area (Å²) in [6.45, 7) is 9.86. The van der Waals surface area contributed by atoms with E-state index in [1.807, 2.05) is 6.20 Å². The van der Waals surface area contributed by atoms with Crippen molar-refractivity contribution in [2.24, 2.45) is 4.99 Å². The van der Waals surface area contributed by atoms with E-state index in [2.05, 4.69) is 71.6 Å². The predicted molar refractivity (Wildman–Crippen MR) is 140 cm³/mol. The Balaban J connectivity index is 0.00000341. The molecule has 7 heteroatoms. The minimum Gasteiger partial charge on any atom is -0.496 e. The van der Waals surface area contributed by atoms with E-state index in [0.29, 0.717) is 6.04 Å². The molecule has 2 N–H and O–H groups in total. The Labute approximate surface area is 203 Å². The predicted octanol–water partition coefficient (Wildman–Crippen LogP) is 4.09. The van der Waals surface area contributed by atoms with E-state index in [1.165, 1.54) is 11.1 Å². The number of methoxy groups -OCH3 is 1. The lowest BCUT2D eigenvalue weighted by Gasteiger charge is -2.33. The van der Waals surface area contributed by atoms with Crippen LogP contribution in [0.4, 0.5) is 5.82 Å². The molecule has 0 bridgehead atoms. The molecule has 170 valence electrons. The number of aliphatic imine (C=N–C) groups is 1. The van der Waals surface area contributed by atoms with Crippen LogP contribution in [0.25, 0.3) is 0 Å². The van der Waals surface area contributed by atoms with Gasteiger partial charge >= 0.3 is 0 Å². The van der Waals surface area contributed by atoms with Crippen LogP contribution < -0.4 is 20.3 Å². The lowest BCUT2D eigenvalue weighted by molar-refractivity contribution is 0.411. The second kappa shape index (κ2) is 12.7. The van der Waals surface area contributed by atoms with E-state index in [4.69, 9.17) is 9.73 Å². The van der Waals surface area contributed by atoms with Gasteiger partial charge in [0.2, 0.25) is 0 Å². The number of ether oxygens (including phenoxy) is 1. The highest BCUT2D eigenvalue weighted by Crippen LogP contribution is 2.20. The van der Waals surface area contributed by atoms with Crippen molar-refractivity contribution < 1.29 is 4.74 Å². The van der Waals surface area contributed by atoms with Crippen LogP contribution in [-0.4, -0.2) is 50.3 Å². The van der Waals surface area contributed by atoms with Crippen molar-refractivity contribution in [1.82, 2.24) is 15.6 Å². The van der Waals surface area contributed by atoms with Crippen molar-refractivity contribution >= 4 is 35.8 Å². The van der Waals surface area contributed by atoms with E-state index in [9.17, 15) is 0 Å². The highest BCUT2D eigenvalue weighted by atomic mass is 127. The fourth-order valence-corrected chi connectivity index (χ4v) is 3.73. The number of aryl methyl sites for hydroxylation is 2. The average molecular weight is 537 g/mol. The Bertz CT molecular complexity index is 832. The summed E-state index contributed by atoms with van der Waals surface area (Å²) in [5.74, 6) is 2.92. The van der Waals surface area contributed by atoms with Gasteiger partial charge in [-0.3, -0.25) is 4.99 Å². The van der Waals surface area contributed by atoms with E-state index < -0.39 is 0 Å². The number of nitrogens with zero attached hydrogens (tertiary/aromatic N) is 3. The first kappa shape index (κ1) is 25.2. The van der Waals surface area contributed by atoms with Crippen LogP contribution >= 0.6 is 24.0 Å². The number of halogens is 1. The lowest BCUT2D eigenvalue weighted by atomic mass is 10.1. The van der Waals surface area contributed by atoms with Crippen molar-refractivity contribution in [2.75, 3.05) is 38.2 Å². The number of anilines is 1. The van der Waals surface area contributed by atoms with Gasteiger partial charge in [-0.15, -0.1) is 24.0 Å². The molecule has 1 aliphatic rings. The number of pyridine rings is 1. The Morgan fingerprint density at radius 1 is 1.19 bits per heavy atom. The zero-order chi connectivity index (χ0) is 21.3. The summed E-state index contributed by atoms with van der Waals surface area (Å²) in [6, 6.07) is 11.1. The highest BCUT2D eigenvalue weighted by Gasteiger charge is 2.20. The summed E-state index contributed by atoms with van der Waals surface area (Å²) in [4.78, 5) is 11.7. The number of nitrogens with one attached hydrogen (secondary N) is 2. The lowest BCUT2D eigenvalue weighted by Crippen LogP contribution is -2.49. The van der Waals surface area contributed by atoms with Crippen molar-refractivity contribution in [3.05, 3.63) is 53.2 Å². The molecule has 3 rings (SSSR count). The molecule has 0 radical (unpaired) electrons. The molecule has 2 aromatic rings. The molecule has 0 spiro atoms. The highest BCUT2D eigenvalue weighted by molar-refractivity contribution is 14.0. The fraction of sp³-hybridized carbons (Fsp3) is 0.500. The standard InChI is InChI=1S/C24H35N5O.HI/c1-5-25-24(26-13-10-20-8-7-19(3)22(16-20)30-4)28-21-11-14-29(15-12-21)23-9-6-18(2)17-27-23;/h6-9,16-17,21H,5,10-15H2,1-4H3,(H2,25,26,28);1H. The molecule has 2 heterocycles. The molecule has 31 heavy (non-hydrogen) atoms. The van der Waals surface area contributed by atoms with Gasteiger partial charge in [-0.2, -0.15) is 0 Å². The molecule has 0 saturated carbocycles. The van der Waals surface area contributed by atoms with E-state index >= 15 is 0 Å². The molecule has 0 atom stereocenters. The third kappa shape index (κ3) is 7.55. The smallest absolute Gasteiger partial charge is 0.191 e. The van der Waals surface area contributed by atoms with Gasteiger partial charge < -0.3 is 20.3 Å². The molecule has 0 aliphatic carbocycles. The van der Waals surface area contributed by atoms with Crippen molar-refractivity contribution in [2.45, 2.75) is 46.1 Å². The normalized spacial score (nSPS) is 14.7. The summed E-state index contributed by atoms with van der Waals surface area (Å²) in [5, 5.41) is 7.01. The van der Waals surface area contributed by atoms with Crippen molar-refractivity contribution in [3.63, 3.8) is 0 Å². The Morgan fingerprint density at radius 3 is 2.61 bits per heavy atom. The SMILES string of the molecule is CCNC(=NCCc1ccc(C)c(OC)c1)NC1CCN(c2ccc(C)cn2)CC1.I. The van der Waals surface area contributed by atoms with Gasteiger partial charge in [-0.1, -0.05) is 18.2 Å². The Kier molecular flexibility index (Phi) is 10.4. The van der Waals surface area contributed by atoms with Gasteiger partial charge in [-0.25, -0.2) is 4.98 Å². The fourth-order valence-electron chi connectivity index (χ4n) is 3.73. The van der Waals surface area contributed by atoms with Gasteiger partial charge in [0, 0.05) is 38.4 Å². The quantitative estimate of drug-likeness (QED) is 0.317. The summed E-state index contributed by atoms with van der Waals surface area (Å²) in [5.41, 5.74) is 3.61. The average Bonchev–Trinajstić information content (AvgIpc) is 2.76. The number of aromatic nitrogens is 1. The Hall–Kier alpha value is -2.03. The molecule has 1 aromatic carbocycles. The maximum Gasteiger partial charge on any atom is 0.191 e. The molecule has 6 nitrogen and oxygen atoms in total. The zero-order valence-electron chi connectivity index (χ0n) is 19.1. The first-order valence-electron chi connectivity index (χ1n) is 10.9. The molecular formula is C24H36IN5O. The number of hydrogen-bond donors (Lipinski definition) is 2. The first-order valence-corrected chi connectivity index (χ1v) is 10.9. The Morgan fingerprint density at radius 2 is 1.97 bits per heavy atom. The third-order valence-electron chi connectivity index (χ3n) is 5.54. The van der Waals surface area contributed by atoms with E-state index in [1.54, 1.807) is 7.11 Å². The van der Waals surface area contributed by atoms with Crippen LogP contribution in [0, 0.1) is 13.8 Å². The van der Waals surface area contributed by atoms with Gasteiger partial charge in [0.05, 0.1) is 7.11 Å². The first-order chi connectivity index (χ1) is 14.6.